The average Bonchev–Trinajstić information content (AvgIpc) is 2.69. The fourth-order valence-corrected chi connectivity index (χ4v) is 5.08. The molecule has 6 heteroatoms. The molecule has 0 aliphatic carbocycles. The first-order valence-electron chi connectivity index (χ1n) is 9.40. The van der Waals surface area contributed by atoms with E-state index < -0.39 is 10.0 Å². The van der Waals surface area contributed by atoms with Crippen molar-refractivity contribution in [3.63, 3.8) is 0 Å². The van der Waals surface area contributed by atoms with Crippen molar-refractivity contribution in [3.8, 4) is 0 Å². The van der Waals surface area contributed by atoms with Crippen molar-refractivity contribution in [3.05, 3.63) is 60.2 Å². The summed E-state index contributed by atoms with van der Waals surface area (Å²) in [6.45, 7) is 5.70. The second-order valence-corrected chi connectivity index (χ2v) is 8.89. The minimum Gasteiger partial charge on any atom is -0.338 e. The number of carbonyl (C=O) groups excluding carboxylic acids is 1. The Kier molecular flexibility index (Phi) is 5.85. The molecule has 0 spiro atoms. The molecule has 1 amide bonds. The molecule has 27 heavy (non-hydrogen) atoms. The Balaban J connectivity index is 1.91. The second kappa shape index (κ2) is 8.13. The molecule has 0 aromatic heterocycles. The number of likely N-dealkylation sites (tertiary alicyclic amines) is 1. The van der Waals surface area contributed by atoms with Crippen LogP contribution in [-0.2, 0) is 10.0 Å². The fourth-order valence-electron chi connectivity index (χ4n) is 3.56. The third kappa shape index (κ3) is 4.16. The van der Waals surface area contributed by atoms with Crippen LogP contribution < -0.4 is 4.31 Å². The van der Waals surface area contributed by atoms with E-state index in [1.54, 1.807) is 37.3 Å². The summed E-state index contributed by atoms with van der Waals surface area (Å²) < 4.78 is 27.7. The van der Waals surface area contributed by atoms with E-state index in [-0.39, 0.29) is 10.8 Å². The van der Waals surface area contributed by atoms with Crippen molar-refractivity contribution in [2.24, 2.45) is 5.92 Å². The second-order valence-electron chi connectivity index (χ2n) is 7.03. The number of piperidine rings is 1. The van der Waals surface area contributed by atoms with E-state index >= 15 is 0 Å². The van der Waals surface area contributed by atoms with E-state index in [0.717, 1.165) is 25.9 Å². The molecular weight excluding hydrogens is 360 g/mol. The molecule has 0 bridgehead atoms. The van der Waals surface area contributed by atoms with Gasteiger partial charge in [-0.25, -0.2) is 8.42 Å². The normalized spacial score (nSPS) is 17.6. The van der Waals surface area contributed by atoms with E-state index in [1.165, 1.54) is 10.4 Å². The molecule has 2 aromatic rings. The summed E-state index contributed by atoms with van der Waals surface area (Å²) in [4.78, 5) is 14.8. The van der Waals surface area contributed by atoms with Crippen molar-refractivity contribution in [1.82, 2.24) is 4.90 Å². The molecule has 5 nitrogen and oxygen atoms in total. The third-order valence-corrected chi connectivity index (χ3v) is 6.84. The van der Waals surface area contributed by atoms with Gasteiger partial charge in [0.1, 0.15) is 0 Å². The summed E-state index contributed by atoms with van der Waals surface area (Å²) in [5.41, 5.74) is 1.04. The van der Waals surface area contributed by atoms with Gasteiger partial charge >= 0.3 is 0 Å². The standard InChI is InChI=1S/C21H26N2O3S/c1-3-23(19-11-5-4-6-12-19)27(25,26)20-13-7-10-18(15-20)21(24)22-14-8-9-17(2)16-22/h4-7,10-13,15,17H,3,8-9,14,16H2,1-2H3. The highest BCUT2D eigenvalue weighted by atomic mass is 32.2. The first-order valence-corrected chi connectivity index (χ1v) is 10.8. The van der Waals surface area contributed by atoms with Gasteiger partial charge in [0.15, 0.2) is 0 Å². The van der Waals surface area contributed by atoms with E-state index in [2.05, 4.69) is 6.92 Å². The summed E-state index contributed by atoms with van der Waals surface area (Å²) in [7, 11) is -3.74. The van der Waals surface area contributed by atoms with Crippen LogP contribution in [-0.4, -0.2) is 38.9 Å². The highest BCUT2D eigenvalue weighted by molar-refractivity contribution is 7.92. The van der Waals surface area contributed by atoms with Crippen LogP contribution in [0.15, 0.2) is 59.5 Å². The van der Waals surface area contributed by atoms with Crippen LogP contribution in [0.4, 0.5) is 5.69 Å². The van der Waals surface area contributed by atoms with Crippen LogP contribution >= 0.6 is 0 Å². The molecular formula is C21H26N2O3S. The Morgan fingerprint density at radius 2 is 1.89 bits per heavy atom. The van der Waals surface area contributed by atoms with Crippen molar-refractivity contribution in [2.45, 2.75) is 31.6 Å². The molecule has 3 rings (SSSR count). The topological polar surface area (TPSA) is 57.7 Å². The van der Waals surface area contributed by atoms with Gasteiger partial charge in [0.2, 0.25) is 0 Å². The van der Waals surface area contributed by atoms with E-state index in [0.29, 0.717) is 23.7 Å². The number of hydrogen-bond donors (Lipinski definition) is 0. The zero-order valence-corrected chi connectivity index (χ0v) is 16.7. The number of hydrogen-bond acceptors (Lipinski definition) is 3. The predicted molar refractivity (Wildman–Crippen MR) is 107 cm³/mol. The molecule has 1 aliphatic heterocycles. The lowest BCUT2D eigenvalue weighted by molar-refractivity contribution is 0.0683. The van der Waals surface area contributed by atoms with E-state index in [1.807, 2.05) is 23.1 Å². The Bertz CT molecular complexity index is 897. The van der Waals surface area contributed by atoms with Gasteiger partial charge in [-0.2, -0.15) is 0 Å². The first kappa shape index (κ1) is 19.4. The highest BCUT2D eigenvalue weighted by Gasteiger charge is 2.26. The van der Waals surface area contributed by atoms with Gasteiger partial charge in [0, 0.05) is 25.2 Å². The quantitative estimate of drug-likeness (QED) is 0.786. The van der Waals surface area contributed by atoms with Crippen molar-refractivity contribution < 1.29 is 13.2 Å². The molecule has 1 fully saturated rings. The summed E-state index contributed by atoms with van der Waals surface area (Å²) >= 11 is 0. The molecule has 2 aromatic carbocycles. The van der Waals surface area contributed by atoms with Gasteiger partial charge in [-0.3, -0.25) is 9.10 Å². The molecule has 0 N–H and O–H groups in total. The Labute approximate surface area is 161 Å². The molecule has 1 saturated heterocycles. The van der Waals surface area contributed by atoms with Gasteiger partial charge in [-0.05, 0) is 56.0 Å². The summed E-state index contributed by atoms with van der Waals surface area (Å²) in [6, 6.07) is 15.4. The van der Waals surface area contributed by atoms with Gasteiger partial charge in [-0.1, -0.05) is 31.2 Å². The van der Waals surface area contributed by atoms with Crippen LogP contribution in [0.5, 0.6) is 0 Å². The predicted octanol–water partition coefficient (Wildman–Crippen LogP) is 3.77. The SMILES string of the molecule is CCN(c1ccccc1)S(=O)(=O)c1cccc(C(=O)N2CCCC(C)C2)c1. The van der Waals surface area contributed by atoms with Crippen LogP contribution in [0.3, 0.4) is 0 Å². The number of amides is 1. The van der Waals surface area contributed by atoms with Crippen LogP contribution in [0.1, 0.15) is 37.0 Å². The summed E-state index contributed by atoms with van der Waals surface area (Å²) in [5.74, 6) is 0.379. The number of carbonyl (C=O) groups is 1. The lowest BCUT2D eigenvalue weighted by Crippen LogP contribution is -2.39. The summed E-state index contributed by atoms with van der Waals surface area (Å²) in [5, 5.41) is 0. The van der Waals surface area contributed by atoms with Gasteiger partial charge in [-0.15, -0.1) is 0 Å². The molecule has 1 atom stereocenters. The molecule has 144 valence electrons. The number of para-hydroxylation sites is 1. The smallest absolute Gasteiger partial charge is 0.264 e. The lowest BCUT2D eigenvalue weighted by Gasteiger charge is -2.31. The zero-order chi connectivity index (χ0) is 19.4. The highest BCUT2D eigenvalue weighted by Crippen LogP contribution is 2.25. The average molecular weight is 387 g/mol. The third-order valence-electron chi connectivity index (χ3n) is 4.94. The van der Waals surface area contributed by atoms with Crippen molar-refractivity contribution >= 4 is 21.6 Å². The minimum absolute atomic E-state index is 0.0960. The number of rotatable bonds is 5. The van der Waals surface area contributed by atoms with Crippen LogP contribution in [0, 0.1) is 5.92 Å². The maximum absolute atomic E-state index is 13.2. The van der Waals surface area contributed by atoms with E-state index in [4.69, 9.17) is 0 Å². The number of anilines is 1. The Hall–Kier alpha value is -2.34. The monoisotopic (exact) mass is 386 g/mol. The molecule has 0 radical (unpaired) electrons. The minimum atomic E-state index is -3.74. The number of benzene rings is 2. The Morgan fingerprint density at radius 3 is 2.56 bits per heavy atom. The molecule has 1 unspecified atom stereocenters. The largest absolute Gasteiger partial charge is 0.338 e. The van der Waals surface area contributed by atoms with Crippen molar-refractivity contribution in [2.75, 3.05) is 23.9 Å². The summed E-state index contributed by atoms with van der Waals surface area (Å²) in [6.07, 6.45) is 2.11. The lowest BCUT2D eigenvalue weighted by atomic mass is 9.99. The molecule has 1 aliphatic rings. The zero-order valence-electron chi connectivity index (χ0n) is 15.8. The van der Waals surface area contributed by atoms with Gasteiger partial charge < -0.3 is 4.90 Å². The van der Waals surface area contributed by atoms with Crippen LogP contribution in [0.2, 0.25) is 0 Å². The van der Waals surface area contributed by atoms with Crippen LogP contribution in [0.25, 0.3) is 0 Å². The number of nitrogens with zero attached hydrogens (tertiary/aromatic N) is 2. The number of sulfonamides is 1. The molecule has 1 heterocycles. The molecule has 0 saturated carbocycles. The van der Waals surface area contributed by atoms with Gasteiger partial charge in [0.25, 0.3) is 15.9 Å². The maximum atomic E-state index is 13.2. The fraction of sp³-hybridized carbons (Fsp3) is 0.381. The first-order chi connectivity index (χ1) is 12.9. The Morgan fingerprint density at radius 1 is 1.15 bits per heavy atom. The van der Waals surface area contributed by atoms with Gasteiger partial charge in [0.05, 0.1) is 10.6 Å². The van der Waals surface area contributed by atoms with Crippen molar-refractivity contribution in [1.29, 1.82) is 0 Å². The van der Waals surface area contributed by atoms with E-state index in [9.17, 15) is 13.2 Å². The maximum Gasteiger partial charge on any atom is 0.264 e.